The van der Waals surface area contributed by atoms with Crippen LogP contribution in [0.1, 0.15) is 49.3 Å². The average Bonchev–Trinajstić information content (AvgIpc) is 3.46. The third-order valence-electron chi connectivity index (χ3n) is 7.46. The number of aryl methyl sites for hydroxylation is 1. The van der Waals surface area contributed by atoms with Crippen LogP contribution in [0.15, 0.2) is 77.7 Å². The fourth-order valence-corrected chi connectivity index (χ4v) is 6.63. The van der Waals surface area contributed by atoms with Crippen molar-refractivity contribution in [3.63, 3.8) is 0 Å². The molecule has 0 aromatic heterocycles. The van der Waals surface area contributed by atoms with Gasteiger partial charge in [0, 0.05) is 17.6 Å². The summed E-state index contributed by atoms with van der Waals surface area (Å²) in [5, 5.41) is 3.47. The summed E-state index contributed by atoms with van der Waals surface area (Å²) in [6.07, 6.45) is 3.97. The van der Waals surface area contributed by atoms with Crippen LogP contribution in [-0.4, -0.2) is 43.8 Å². The molecule has 0 radical (unpaired) electrons. The highest BCUT2D eigenvalue weighted by Gasteiger charge is 2.34. The van der Waals surface area contributed by atoms with Gasteiger partial charge in [-0.05, 0) is 69.0 Å². The number of halogens is 1. The van der Waals surface area contributed by atoms with Gasteiger partial charge in [0.2, 0.25) is 11.8 Å². The van der Waals surface area contributed by atoms with Crippen LogP contribution in [0.5, 0.6) is 0 Å². The lowest BCUT2D eigenvalue weighted by Crippen LogP contribution is -2.52. The Morgan fingerprint density at radius 1 is 0.950 bits per heavy atom. The zero-order valence-corrected chi connectivity index (χ0v) is 24.7. The molecule has 0 unspecified atom stereocenters. The highest BCUT2D eigenvalue weighted by molar-refractivity contribution is 7.92. The lowest BCUT2D eigenvalue weighted by molar-refractivity contribution is -0.139. The largest absolute Gasteiger partial charge is 0.352 e. The molecule has 3 aromatic rings. The number of hydrogen-bond acceptors (Lipinski definition) is 4. The van der Waals surface area contributed by atoms with Gasteiger partial charge in [-0.3, -0.25) is 13.9 Å². The number of nitrogens with zero attached hydrogens (tertiary/aromatic N) is 2. The molecule has 4 rings (SSSR count). The first-order valence-electron chi connectivity index (χ1n) is 13.6. The van der Waals surface area contributed by atoms with Crippen molar-refractivity contribution in [2.24, 2.45) is 0 Å². The normalized spacial score (nSPS) is 14.5. The Bertz CT molecular complexity index is 1440. The summed E-state index contributed by atoms with van der Waals surface area (Å²) in [6.45, 7) is 5.05. The maximum absolute atomic E-state index is 14.1. The summed E-state index contributed by atoms with van der Waals surface area (Å²) in [5.74, 6) is -0.739. The first-order chi connectivity index (χ1) is 19.1. The SMILES string of the molecule is Cc1ccc(CN(C(=O)CN(c2cccc(Cl)c2C)S(=O)(=O)c2ccccc2)[C@H](C)C(=O)NC2CCCC2)cc1. The van der Waals surface area contributed by atoms with Crippen LogP contribution in [0, 0.1) is 13.8 Å². The van der Waals surface area contributed by atoms with E-state index < -0.39 is 28.5 Å². The van der Waals surface area contributed by atoms with Crippen molar-refractivity contribution >= 4 is 39.1 Å². The number of sulfonamides is 1. The quantitative estimate of drug-likeness (QED) is 0.336. The zero-order valence-electron chi connectivity index (χ0n) is 23.1. The summed E-state index contributed by atoms with van der Waals surface area (Å²) >= 11 is 6.38. The van der Waals surface area contributed by atoms with E-state index in [1.165, 1.54) is 17.0 Å². The van der Waals surface area contributed by atoms with Crippen LogP contribution in [0.25, 0.3) is 0 Å². The Balaban J connectivity index is 1.70. The monoisotopic (exact) mass is 581 g/mol. The molecule has 3 aromatic carbocycles. The number of carbonyl (C=O) groups is 2. The highest BCUT2D eigenvalue weighted by Crippen LogP contribution is 2.31. The molecule has 0 bridgehead atoms. The predicted molar refractivity (Wildman–Crippen MR) is 159 cm³/mol. The van der Waals surface area contributed by atoms with Crippen LogP contribution in [0.2, 0.25) is 5.02 Å². The molecule has 1 atom stereocenters. The number of nitrogens with one attached hydrogen (secondary N) is 1. The van der Waals surface area contributed by atoms with E-state index in [-0.39, 0.29) is 23.4 Å². The Morgan fingerprint density at radius 3 is 2.25 bits per heavy atom. The first kappa shape index (κ1) is 29.6. The summed E-state index contributed by atoms with van der Waals surface area (Å²) in [7, 11) is -4.14. The number of benzene rings is 3. The molecular weight excluding hydrogens is 546 g/mol. The molecule has 40 heavy (non-hydrogen) atoms. The Hall–Kier alpha value is -3.36. The Labute approximate surface area is 242 Å². The van der Waals surface area contributed by atoms with Gasteiger partial charge in [0.25, 0.3) is 10.0 Å². The van der Waals surface area contributed by atoms with Gasteiger partial charge in [-0.2, -0.15) is 0 Å². The second-order valence-corrected chi connectivity index (χ2v) is 12.7. The van der Waals surface area contributed by atoms with Gasteiger partial charge in [0.05, 0.1) is 10.6 Å². The smallest absolute Gasteiger partial charge is 0.264 e. The van der Waals surface area contributed by atoms with Gasteiger partial charge in [-0.25, -0.2) is 8.42 Å². The van der Waals surface area contributed by atoms with Crippen LogP contribution in [0.3, 0.4) is 0 Å². The van der Waals surface area contributed by atoms with E-state index >= 15 is 0 Å². The second-order valence-electron chi connectivity index (χ2n) is 10.4. The van der Waals surface area contributed by atoms with Crippen molar-refractivity contribution in [3.8, 4) is 0 Å². The van der Waals surface area contributed by atoms with Crippen molar-refractivity contribution in [2.45, 2.75) is 70.0 Å². The van der Waals surface area contributed by atoms with E-state index in [4.69, 9.17) is 11.6 Å². The zero-order chi connectivity index (χ0) is 28.9. The molecule has 1 fully saturated rings. The van der Waals surface area contributed by atoms with E-state index in [9.17, 15) is 18.0 Å². The van der Waals surface area contributed by atoms with E-state index in [1.807, 2.05) is 31.2 Å². The standard InChI is InChI=1S/C31H36ClN3O4S/c1-22-16-18-25(19-17-22)20-34(24(3)31(37)33-26-10-7-8-11-26)30(36)21-35(29-15-9-14-28(32)23(29)2)40(38,39)27-12-5-4-6-13-27/h4-6,9,12-19,24,26H,7-8,10-11,20-21H2,1-3H3,(H,33,37)/t24-/m1/s1. The Kier molecular flexibility index (Phi) is 9.53. The molecule has 0 aliphatic heterocycles. The van der Waals surface area contributed by atoms with Crippen molar-refractivity contribution in [1.29, 1.82) is 0 Å². The number of hydrogen-bond donors (Lipinski definition) is 1. The fraction of sp³-hybridized carbons (Fsp3) is 0.355. The predicted octanol–water partition coefficient (Wildman–Crippen LogP) is 5.63. The maximum Gasteiger partial charge on any atom is 0.264 e. The molecule has 1 saturated carbocycles. The van der Waals surface area contributed by atoms with Crippen molar-refractivity contribution in [3.05, 3.63) is 94.5 Å². The second kappa shape index (κ2) is 12.9. The van der Waals surface area contributed by atoms with Gasteiger partial charge in [-0.1, -0.05) is 78.5 Å². The van der Waals surface area contributed by atoms with Crippen molar-refractivity contribution < 1.29 is 18.0 Å². The van der Waals surface area contributed by atoms with Crippen LogP contribution in [0.4, 0.5) is 5.69 Å². The maximum atomic E-state index is 14.1. The van der Waals surface area contributed by atoms with Gasteiger partial charge in [0.15, 0.2) is 0 Å². The minimum atomic E-state index is -4.14. The molecule has 1 aliphatic carbocycles. The molecule has 2 amide bonds. The number of amides is 2. The van der Waals surface area contributed by atoms with Gasteiger partial charge >= 0.3 is 0 Å². The summed E-state index contributed by atoms with van der Waals surface area (Å²) in [6, 6.07) is 20.0. The third-order valence-corrected chi connectivity index (χ3v) is 9.64. The molecule has 1 N–H and O–H groups in total. The number of carbonyl (C=O) groups excluding carboxylic acids is 2. The summed E-state index contributed by atoms with van der Waals surface area (Å²) in [4.78, 5) is 28.9. The van der Waals surface area contributed by atoms with E-state index in [0.29, 0.717) is 16.3 Å². The molecule has 0 saturated heterocycles. The van der Waals surface area contributed by atoms with Crippen molar-refractivity contribution in [2.75, 3.05) is 10.8 Å². The summed E-state index contributed by atoms with van der Waals surface area (Å²) in [5.41, 5.74) is 2.76. The average molecular weight is 582 g/mol. The third kappa shape index (κ3) is 6.85. The molecular formula is C31H36ClN3O4S. The minimum Gasteiger partial charge on any atom is -0.352 e. The molecule has 0 heterocycles. The van der Waals surface area contributed by atoms with Gasteiger partial charge in [0.1, 0.15) is 12.6 Å². The highest BCUT2D eigenvalue weighted by atomic mass is 35.5. The molecule has 9 heteroatoms. The molecule has 1 aliphatic rings. The van der Waals surface area contributed by atoms with Crippen LogP contribution in [-0.2, 0) is 26.2 Å². The number of anilines is 1. The van der Waals surface area contributed by atoms with Crippen LogP contribution < -0.4 is 9.62 Å². The van der Waals surface area contributed by atoms with Gasteiger partial charge in [-0.15, -0.1) is 0 Å². The van der Waals surface area contributed by atoms with E-state index in [0.717, 1.165) is 41.1 Å². The Morgan fingerprint density at radius 2 is 1.60 bits per heavy atom. The lowest BCUT2D eigenvalue weighted by Gasteiger charge is -2.33. The number of rotatable bonds is 10. The molecule has 212 valence electrons. The topological polar surface area (TPSA) is 86.8 Å². The summed E-state index contributed by atoms with van der Waals surface area (Å²) < 4.78 is 28.9. The molecule has 0 spiro atoms. The fourth-order valence-electron chi connectivity index (χ4n) is 4.96. The molecule has 7 nitrogen and oxygen atoms in total. The first-order valence-corrected chi connectivity index (χ1v) is 15.4. The minimum absolute atomic E-state index is 0.0549. The van der Waals surface area contributed by atoms with Crippen molar-refractivity contribution in [1.82, 2.24) is 10.2 Å². The van der Waals surface area contributed by atoms with E-state index in [2.05, 4.69) is 5.32 Å². The van der Waals surface area contributed by atoms with Gasteiger partial charge < -0.3 is 10.2 Å². The lowest BCUT2D eigenvalue weighted by atomic mass is 10.1. The van der Waals surface area contributed by atoms with E-state index in [1.54, 1.807) is 50.2 Å². The van der Waals surface area contributed by atoms with Crippen LogP contribution >= 0.6 is 11.6 Å².